The smallest absolute Gasteiger partial charge is 0.258 e. The Morgan fingerprint density at radius 1 is 0.906 bits per heavy atom. The molecule has 0 spiro atoms. The molecule has 0 bridgehead atoms. The number of carbonyl (C=O) groups excluding carboxylic acids is 2. The summed E-state index contributed by atoms with van der Waals surface area (Å²) in [6.45, 7) is 0.983. The van der Waals surface area contributed by atoms with Gasteiger partial charge in [-0.3, -0.25) is 9.59 Å². The van der Waals surface area contributed by atoms with Gasteiger partial charge < -0.3 is 10.2 Å². The molecule has 2 amide bonds. The van der Waals surface area contributed by atoms with Crippen molar-refractivity contribution in [2.45, 2.75) is 18.7 Å². The molecule has 0 fully saturated rings. The maximum atomic E-state index is 13.1. The molecule has 3 aromatic rings. The van der Waals surface area contributed by atoms with Crippen molar-refractivity contribution in [1.29, 1.82) is 0 Å². The van der Waals surface area contributed by atoms with Gasteiger partial charge in [-0.1, -0.05) is 24.3 Å². The summed E-state index contributed by atoms with van der Waals surface area (Å²) < 4.78 is 26.1. The molecular formula is C25H22F2N2O2S. The SMILES string of the molecule is O=C(CSCc1ccc(F)cc1)NCc1ccc2c(c1)CCN2C(=O)c1ccc(F)cc1. The zero-order valence-corrected chi connectivity index (χ0v) is 18.1. The van der Waals surface area contributed by atoms with Crippen molar-refractivity contribution in [3.05, 3.63) is 101 Å². The fraction of sp³-hybridized carbons (Fsp3) is 0.200. The van der Waals surface area contributed by atoms with E-state index in [4.69, 9.17) is 0 Å². The van der Waals surface area contributed by atoms with E-state index in [9.17, 15) is 18.4 Å². The number of thioether (sulfide) groups is 1. The highest BCUT2D eigenvalue weighted by Gasteiger charge is 2.25. The van der Waals surface area contributed by atoms with Crippen LogP contribution in [0.15, 0.2) is 66.7 Å². The Morgan fingerprint density at radius 2 is 1.56 bits per heavy atom. The molecule has 4 nitrogen and oxygen atoms in total. The summed E-state index contributed by atoms with van der Waals surface area (Å²) in [5.74, 6) is 0.110. The van der Waals surface area contributed by atoms with Crippen LogP contribution in [0, 0.1) is 11.6 Å². The Kier molecular flexibility index (Phi) is 6.85. The summed E-state index contributed by atoms with van der Waals surface area (Å²) in [7, 11) is 0. The van der Waals surface area contributed by atoms with Crippen LogP contribution in [-0.4, -0.2) is 24.1 Å². The molecule has 3 aromatic carbocycles. The molecule has 4 rings (SSSR count). The Labute approximate surface area is 189 Å². The van der Waals surface area contributed by atoms with Crippen molar-refractivity contribution in [2.24, 2.45) is 0 Å². The predicted molar refractivity (Wildman–Crippen MR) is 123 cm³/mol. The molecule has 1 aliphatic heterocycles. The summed E-state index contributed by atoms with van der Waals surface area (Å²) in [5.41, 5.74) is 4.30. The molecule has 0 atom stereocenters. The Hall–Kier alpha value is -3.19. The largest absolute Gasteiger partial charge is 0.351 e. The summed E-state index contributed by atoms with van der Waals surface area (Å²) in [6, 6.07) is 17.6. The number of hydrogen-bond donors (Lipinski definition) is 1. The third-order valence-electron chi connectivity index (χ3n) is 5.28. The Morgan fingerprint density at radius 3 is 2.28 bits per heavy atom. The van der Waals surface area contributed by atoms with Gasteiger partial charge in [-0.15, -0.1) is 11.8 Å². The first-order valence-corrected chi connectivity index (χ1v) is 11.4. The van der Waals surface area contributed by atoms with E-state index in [0.29, 0.717) is 30.2 Å². The molecule has 0 radical (unpaired) electrons. The number of nitrogens with one attached hydrogen (secondary N) is 1. The lowest BCUT2D eigenvalue weighted by atomic mass is 10.1. The highest BCUT2D eigenvalue weighted by Crippen LogP contribution is 2.30. The number of amides is 2. The molecule has 1 aliphatic rings. The second-order valence-corrected chi connectivity index (χ2v) is 8.56. The molecule has 164 valence electrons. The van der Waals surface area contributed by atoms with E-state index in [1.807, 2.05) is 18.2 Å². The first kappa shape index (κ1) is 22.0. The van der Waals surface area contributed by atoms with Crippen LogP contribution < -0.4 is 10.2 Å². The van der Waals surface area contributed by atoms with Crippen molar-refractivity contribution >= 4 is 29.3 Å². The van der Waals surface area contributed by atoms with Gasteiger partial charge in [-0.25, -0.2) is 8.78 Å². The lowest BCUT2D eigenvalue weighted by Gasteiger charge is -2.18. The molecule has 0 saturated carbocycles. The molecule has 0 aromatic heterocycles. The van der Waals surface area contributed by atoms with Gasteiger partial charge in [0.05, 0.1) is 5.75 Å². The van der Waals surface area contributed by atoms with Crippen LogP contribution in [0.4, 0.5) is 14.5 Å². The molecule has 0 aliphatic carbocycles. The summed E-state index contributed by atoms with van der Waals surface area (Å²) in [4.78, 5) is 26.6. The number of benzene rings is 3. The van der Waals surface area contributed by atoms with Crippen molar-refractivity contribution in [3.8, 4) is 0 Å². The van der Waals surface area contributed by atoms with Crippen molar-refractivity contribution in [2.75, 3.05) is 17.2 Å². The van der Waals surface area contributed by atoms with Crippen LogP contribution in [0.2, 0.25) is 0 Å². The lowest BCUT2D eigenvalue weighted by Crippen LogP contribution is -2.28. The van der Waals surface area contributed by atoms with Gasteiger partial charge >= 0.3 is 0 Å². The van der Waals surface area contributed by atoms with Crippen molar-refractivity contribution < 1.29 is 18.4 Å². The molecule has 32 heavy (non-hydrogen) atoms. The van der Waals surface area contributed by atoms with E-state index >= 15 is 0 Å². The van der Waals surface area contributed by atoms with Crippen LogP contribution in [0.3, 0.4) is 0 Å². The van der Waals surface area contributed by atoms with Gasteiger partial charge in [0, 0.05) is 30.1 Å². The predicted octanol–water partition coefficient (Wildman–Crippen LogP) is 4.72. The average Bonchev–Trinajstić information content (AvgIpc) is 3.22. The van der Waals surface area contributed by atoms with Crippen LogP contribution in [0.5, 0.6) is 0 Å². The Balaban J connectivity index is 1.28. The zero-order valence-electron chi connectivity index (χ0n) is 17.3. The fourth-order valence-corrected chi connectivity index (χ4v) is 4.44. The third kappa shape index (κ3) is 5.34. The van der Waals surface area contributed by atoms with Gasteiger partial charge in [-0.05, 0) is 65.6 Å². The fourth-order valence-electron chi connectivity index (χ4n) is 3.62. The number of halogens is 2. The number of nitrogens with zero attached hydrogens (tertiary/aromatic N) is 1. The van der Waals surface area contributed by atoms with E-state index in [0.717, 1.165) is 28.8 Å². The van der Waals surface area contributed by atoms with Crippen LogP contribution in [-0.2, 0) is 23.5 Å². The van der Waals surface area contributed by atoms with Gasteiger partial charge in [0.1, 0.15) is 11.6 Å². The number of carbonyl (C=O) groups is 2. The number of rotatable bonds is 7. The minimum atomic E-state index is -0.371. The summed E-state index contributed by atoms with van der Waals surface area (Å²) in [5, 5.41) is 2.91. The van der Waals surface area contributed by atoms with E-state index in [-0.39, 0.29) is 23.4 Å². The first-order valence-electron chi connectivity index (χ1n) is 10.3. The first-order chi connectivity index (χ1) is 15.5. The maximum absolute atomic E-state index is 13.1. The average molecular weight is 453 g/mol. The minimum absolute atomic E-state index is 0.0641. The molecule has 1 N–H and O–H groups in total. The highest BCUT2D eigenvalue weighted by molar-refractivity contribution is 7.99. The second-order valence-electron chi connectivity index (χ2n) is 7.57. The number of anilines is 1. The summed E-state index contributed by atoms with van der Waals surface area (Å²) >= 11 is 1.48. The Bertz CT molecular complexity index is 1120. The van der Waals surface area contributed by atoms with Crippen molar-refractivity contribution in [3.63, 3.8) is 0 Å². The normalized spacial score (nSPS) is 12.5. The standard InChI is InChI=1S/C25H22F2N2O2S/c26-21-6-1-17(2-7-21)15-32-16-24(30)28-14-18-3-10-23-20(13-18)11-12-29(23)25(31)19-4-8-22(27)9-5-19/h1-10,13H,11-12,14-16H2,(H,28,30). The van der Waals surface area contributed by atoms with Gasteiger partial charge in [-0.2, -0.15) is 0 Å². The van der Waals surface area contributed by atoms with Crippen LogP contribution in [0.1, 0.15) is 27.0 Å². The van der Waals surface area contributed by atoms with Gasteiger partial charge in [0.25, 0.3) is 5.91 Å². The van der Waals surface area contributed by atoms with E-state index in [1.165, 1.54) is 48.2 Å². The molecule has 0 saturated heterocycles. The number of fused-ring (bicyclic) bond motifs is 1. The van der Waals surface area contributed by atoms with Crippen LogP contribution >= 0.6 is 11.8 Å². The summed E-state index contributed by atoms with van der Waals surface area (Å²) in [6.07, 6.45) is 0.734. The van der Waals surface area contributed by atoms with Gasteiger partial charge in [0.15, 0.2) is 0 Å². The highest BCUT2D eigenvalue weighted by atomic mass is 32.2. The third-order valence-corrected chi connectivity index (χ3v) is 6.28. The molecule has 0 unspecified atom stereocenters. The molecule has 1 heterocycles. The van der Waals surface area contributed by atoms with Crippen molar-refractivity contribution in [1.82, 2.24) is 5.32 Å². The quantitative estimate of drug-likeness (QED) is 0.565. The monoisotopic (exact) mass is 452 g/mol. The van der Waals surface area contributed by atoms with E-state index in [2.05, 4.69) is 5.32 Å². The maximum Gasteiger partial charge on any atom is 0.258 e. The molecule has 7 heteroatoms. The van der Waals surface area contributed by atoms with Gasteiger partial charge in [0.2, 0.25) is 5.91 Å². The van der Waals surface area contributed by atoms with E-state index < -0.39 is 0 Å². The number of hydrogen-bond acceptors (Lipinski definition) is 3. The van der Waals surface area contributed by atoms with E-state index in [1.54, 1.807) is 17.0 Å². The molecular weight excluding hydrogens is 430 g/mol. The lowest BCUT2D eigenvalue weighted by molar-refractivity contribution is -0.118. The topological polar surface area (TPSA) is 49.4 Å². The second kappa shape index (κ2) is 9.96. The van der Waals surface area contributed by atoms with Crippen LogP contribution in [0.25, 0.3) is 0 Å². The zero-order chi connectivity index (χ0) is 22.5. The minimum Gasteiger partial charge on any atom is -0.351 e.